The van der Waals surface area contributed by atoms with E-state index in [0.29, 0.717) is 6.42 Å². The van der Waals surface area contributed by atoms with Gasteiger partial charge in [-0.1, -0.05) is 12.1 Å². The van der Waals surface area contributed by atoms with Gasteiger partial charge in [-0.15, -0.1) is 0 Å². The van der Waals surface area contributed by atoms with Crippen LogP contribution in [0.15, 0.2) is 18.2 Å². The quantitative estimate of drug-likeness (QED) is 0.772. The molecule has 4 nitrogen and oxygen atoms in total. The number of para-hydroxylation sites is 1. The summed E-state index contributed by atoms with van der Waals surface area (Å²) in [6, 6.07) is 4.18. The molecule has 1 aromatic carbocycles. The molecule has 6 heteroatoms. The van der Waals surface area contributed by atoms with Gasteiger partial charge in [-0.2, -0.15) is 0 Å². The molecule has 0 spiro atoms. The van der Waals surface area contributed by atoms with Crippen LogP contribution in [0.3, 0.4) is 0 Å². The van der Waals surface area contributed by atoms with Crippen molar-refractivity contribution in [1.29, 1.82) is 0 Å². The topological polar surface area (TPSA) is 80.4 Å². The lowest BCUT2D eigenvalue weighted by Crippen LogP contribution is -2.16. The first-order valence-electron chi connectivity index (χ1n) is 5.33. The van der Waals surface area contributed by atoms with E-state index >= 15 is 0 Å². The van der Waals surface area contributed by atoms with E-state index in [9.17, 15) is 17.9 Å². The summed E-state index contributed by atoms with van der Waals surface area (Å²) in [4.78, 5) is 0. The number of hydrogen-bond acceptors (Lipinski definition) is 4. The predicted octanol–water partition coefficient (Wildman–Crippen LogP) is 0.876. The van der Waals surface area contributed by atoms with E-state index in [1.807, 2.05) is 0 Å². The van der Waals surface area contributed by atoms with Gasteiger partial charge in [0.05, 0.1) is 23.3 Å². The van der Waals surface area contributed by atoms with Crippen LogP contribution in [0.1, 0.15) is 18.1 Å². The normalized spacial score (nSPS) is 24.7. The lowest BCUT2D eigenvalue weighted by Gasteiger charge is -2.18. The fourth-order valence-corrected chi connectivity index (χ4v) is 3.97. The van der Waals surface area contributed by atoms with Crippen molar-refractivity contribution in [1.82, 2.24) is 0 Å². The standard InChI is InChI=1S/C11H14FNO3S/c12-9-3-1-2-8(10(9)13)11(14)7-4-5-17(15,16)6-7/h1-3,7,11,14H,4-6,13H2. The van der Waals surface area contributed by atoms with E-state index in [2.05, 4.69) is 0 Å². The molecule has 1 aliphatic heterocycles. The summed E-state index contributed by atoms with van der Waals surface area (Å²) in [6.45, 7) is 0. The second kappa shape index (κ2) is 4.27. The molecule has 3 N–H and O–H groups in total. The third-order valence-corrected chi connectivity index (χ3v) is 4.91. The Morgan fingerprint density at radius 2 is 2.18 bits per heavy atom. The average Bonchev–Trinajstić information content (AvgIpc) is 2.62. The third-order valence-electron chi connectivity index (χ3n) is 3.12. The van der Waals surface area contributed by atoms with Crippen LogP contribution >= 0.6 is 0 Å². The Kier molecular flexibility index (Phi) is 3.09. The van der Waals surface area contributed by atoms with E-state index in [4.69, 9.17) is 5.73 Å². The number of rotatable bonds is 2. The third kappa shape index (κ3) is 2.42. The Morgan fingerprint density at radius 1 is 1.47 bits per heavy atom. The van der Waals surface area contributed by atoms with E-state index in [-0.39, 0.29) is 22.8 Å². The molecule has 0 aliphatic carbocycles. The number of nitrogens with two attached hydrogens (primary N) is 1. The molecule has 1 heterocycles. The molecule has 0 radical (unpaired) electrons. The molecular weight excluding hydrogens is 245 g/mol. The summed E-state index contributed by atoms with van der Waals surface area (Å²) in [5.41, 5.74) is 5.70. The zero-order chi connectivity index (χ0) is 12.6. The minimum Gasteiger partial charge on any atom is -0.396 e. The van der Waals surface area contributed by atoms with E-state index in [1.54, 1.807) is 0 Å². The Morgan fingerprint density at radius 3 is 2.76 bits per heavy atom. The van der Waals surface area contributed by atoms with Crippen molar-refractivity contribution in [3.05, 3.63) is 29.6 Å². The summed E-state index contributed by atoms with van der Waals surface area (Å²) in [5.74, 6) is -0.986. The van der Waals surface area contributed by atoms with Crippen molar-refractivity contribution in [3.63, 3.8) is 0 Å². The second-order valence-electron chi connectivity index (χ2n) is 4.35. The molecule has 17 heavy (non-hydrogen) atoms. The van der Waals surface area contributed by atoms with Gasteiger partial charge >= 0.3 is 0 Å². The molecule has 0 aromatic heterocycles. The lowest BCUT2D eigenvalue weighted by atomic mass is 9.94. The molecule has 2 rings (SSSR count). The molecule has 1 saturated heterocycles. The van der Waals surface area contributed by atoms with Gasteiger partial charge in [-0.3, -0.25) is 0 Å². The molecule has 0 saturated carbocycles. The summed E-state index contributed by atoms with van der Waals surface area (Å²) >= 11 is 0. The van der Waals surface area contributed by atoms with Crippen LogP contribution < -0.4 is 5.73 Å². The van der Waals surface area contributed by atoms with Gasteiger partial charge in [0, 0.05) is 11.5 Å². The van der Waals surface area contributed by atoms with Crippen LogP contribution in [-0.4, -0.2) is 25.0 Å². The van der Waals surface area contributed by atoms with Gasteiger partial charge in [0.25, 0.3) is 0 Å². The second-order valence-corrected chi connectivity index (χ2v) is 6.58. The van der Waals surface area contributed by atoms with Crippen LogP contribution in [0.5, 0.6) is 0 Å². The first-order valence-corrected chi connectivity index (χ1v) is 7.15. The van der Waals surface area contributed by atoms with Gasteiger partial charge in [-0.25, -0.2) is 12.8 Å². The molecular formula is C11H14FNO3S. The Balaban J connectivity index is 2.26. The van der Waals surface area contributed by atoms with Crippen molar-refractivity contribution < 1.29 is 17.9 Å². The summed E-state index contributed by atoms with van der Waals surface area (Å²) in [6.07, 6.45) is -0.637. The van der Waals surface area contributed by atoms with E-state index in [1.165, 1.54) is 18.2 Å². The number of aliphatic hydroxyl groups is 1. The molecule has 1 aliphatic rings. The summed E-state index contributed by atoms with van der Waals surface area (Å²) in [7, 11) is -3.07. The highest BCUT2D eigenvalue weighted by Gasteiger charge is 2.34. The van der Waals surface area contributed by atoms with Crippen LogP contribution in [-0.2, 0) is 9.84 Å². The number of anilines is 1. The van der Waals surface area contributed by atoms with Gasteiger partial charge in [0.1, 0.15) is 5.82 Å². The minimum atomic E-state index is -3.07. The molecule has 1 fully saturated rings. The molecule has 2 atom stereocenters. The number of hydrogen-bond donors (Lipinski definition) is 2. The zero-order valence-electron chi connectivity index (χ0n) is 9.14. The molecule has 0 amide bonds. The van der Waals surface area contributed by atoms with Gasteiger partial charge in [0.15, 0.2) is 9.84 Å². The number of halogens is 1. The molecule has 1 aromatic rings. The van der Waals surface area contributed by atoms with Crippen molar-refractivity contribution in [2.45, 2.75) is 12.5 Å². The number of aliphatic hydroxyl groups excluding tert-OH is 1. The highest BCUT2D eigenvalue weighted by molar-refractivity contribution is 7.91. The molecule has 94 valence electrons. The Bertz CT molecular complexity index is 530. The van der Waals surface area contributed by atoms with Crippen LogP contribution in [0.25, 0.3) is 0 Å². The van der Waals surface area contributed by atoms with Crippen LogP contribution in [0.4, 0.5) is 10.1 Å². The van der Waals surface area contributed by atoms with Crippen molar-refractivity contribution in [2.75, 3.05) is 17.2 Å². The SMILES string of the molecule is Nc1c(F)cccc1C(O)C1CCS(=O)(=O)C1. The van der Waals surface area contributed by atoms with Crippen LogP contribution in [0, 0.1) is 11.7 Å². The highest BCUT2D eigenvalue weighted by Crippen LogP contribution is 2.34. The van der Waals surface area contributed by atoms with Crippen LogP contribution in [0.2, 0.25) is 0 Å². The van der Waals surface area contributed by atoms with Gasteiger partial charge < -0.3 is 10.8 Å². The molecule has 0 bridgehead atoms. The highest BCUT2D eigenvalue weighted by atomic mass is 32.2. The van der Waals surface area contributed by atoms with E-state index < -0.39 is 27.7 Å². The van der Waals surface area contributed by atoms with Crippen molar-refractivity contribution >= 4 is 15.5 Å². The largest absolute Gasteiger partial charge is 0.396 e. The molecule has 2 unspecified atom stereocenters. The van der Waals surface area contributed by atoms with Crippen molar-refractivity contribution in [2.24, 2.45) is 5.92 Å². The first kappa shape index (κ1) is 12.3. The monoisotopic (exact) mass is 259 g/mol. The maximum Gasteiger partial charge on any atom is 0.150 e. The van der Waals surface area contributed by atoms with Gasteiger partial charge in [-0.05, 0) is 12.5 Å². The zero-order valence-corrected chi connectivity index (χ0v) is 9.95. The summed E-state index contributed by atoms with van der Waals surface area (Å²) < 4.78 is 35.8. The minimum absolute atomic E-state index is 0.0654. The fraction of sp³-hybridized carbons (Fsp3) is 0.455. The first-order chi connectivity index (χ1) is 7.91. The number of sulfone groups is 1. The fourth-order valence-electron chi connectivity index (χ4n) is 2.14. The maximum atomic E-state index is 13.2. The van der Waals surface area contributed by atoms with Gasteiger partial charge in [0.2, 0.25) is 0 Å². The Labute approximate surface area is 99.2 Å². The Hall–Kier alpha value is -1.14. The van der Waals surface area contributed by atoms with Crippen molar-refractivity contribution in [3.8, 4) is 0 Å². The summed E-state index contributed by atoms with van der Waals surface area (Å²) in [5, 5.41) is 10.0. The lowest BCUT2D eigenvalue weighted by molar-refractivity contribution is 0.121. The average molecular weight is 259 g/mol. The number of nitrogen functional groups attached to an aromatic ring is 1. The maximum absolute atomic E-state index is 13.2. The predicted molar refractivity (Wildman–Crippen MR) is 62.5 cm³/mol. The van der Waals surface area contributed by atoms with E-state index in [0.717, 1.165) is 0 Å². The number of benzene rings is 1. The smallest absolute Gasteiger partial charge is 0.150 e.